The normalized spacial score (nSPS) is 10.8. The molecule has 16 heavy (non-hydrogen) atoms. The molecular weight excluding hydrogens is 274 g/mol. The van der Waals surface area contributed by atoms with Crippen molar-refractivity contribution in [1.82, 2.24) is 10.3 Å². The van der Waals surface area contributed by atoms with E-state index in [2.05, 4.69) is 41.4 Å². The maximum absolute atomic E-state index is 5.44. The largest absolute Gasteiger partial charge is 0.378 e. The number of hydrazone groups is 1. The molecule has 7 heteroatoms. The van der Waals surface area contributed by atoms with Crippen LogP contribution in [-0.2, 0) is 0 Å². The molecule has 0 fully saturated rings. The third-order valence-corrected chi connectivity index (χ3v) is 2.52. The number of nitrogens with two attached hydrogens (primary N) is 1. The van der Waals surface area contributed by atoms with Crippen molar-refractivity contribution >= 4 is 33.8 Å². The molecule has 0 atom stereocenters. The average Bonchev–Trinajstić information content (AvgIpc) is 2.67. The van der Waals surface area contributed by atoms with E-state index in [-0.39, 0.29) is 5.82 Å². The van der Waals surface area contributed by atoms with Gasteiger partial charge in [0.05, 0.1) is 6.21 Å². The van der Waals surface area contributed by atoms with Crippen LogP contribution in [0.4, 0.5) is 11.6 Å². The van der Waals surface area contributed by atoms with E-state index < -0.39 is 0 Å². The van der Waals surface area contributed by atoms with Gasteiger partial charge in [-0.25, -0.2) is 4.63 Å². The van der Waals surface area contributed by atoms with Crippen LogP contribution in [0.3, 0.4) is 0 Å². The molecule has 0 bridgehead atoms. The van der Waals surface area contributed by atoms with E-state index >= 15 is 0 Å². The Bertz CT molecular complexity index is 510. The molecule has 0 saturated heterocycles. The molecule has 3 N–H and O–H groups in total. The summed E-state index contributed by atoms with van der Waals surface area (Å²) in [5, 5.41) is 10.9. The van der Waals surface area contributed by atoms with E-state index in [0.717, 1.165) is 10.0 Å². The summed E-state index contributed by atoms with van der Waals surface area (Å²) in [7, 11) is 0. The highest BCUT2D eigenvalue weighted by molar-refractivity contribution is 9.10. The number of aromatic nitrogens is 2. The third kappa shape index (κ3) is 2.37. The minimum Gasteiger partial charge on any atom is -0.378 e. The number of hydrogen-bond acceptors (Lipinski definition) is 6. The van der Waals surface area contributed by atoms with Gasteiger partial charge in [-0.2, -0.15) is 5.10 Å². The monoisotopic (exact) mass is 281 g/mol. The van der Waals surface area contributed by atoms with E-state index in [1.807, 2.05) is 24.3 Å². The minimum atomic E-state index is 0.171. The zero-order valence-corrected chi connectivity index (χ0v) is 9.68. The fraction of sp³-hybridized carbons (Fsp3) is 0. The second-order valence-corrected chi connectivity index (χ2v) is 3.74. The molecule has 0 aliphatic heterocycles. The first kappa shape index (κ1) is 10.6. The molecule has 2 aromatic rings. The highest BCUT2D eigenvalue weighted by Gasteiger charge is 2.02. The lowest BCUT2D eigenvalue weighted by Gasteiger charge is -1.96. The zero-order chi connectivity index (χ0) is 11.4. The van der Waals surface area contributed by atoms with E-state index in [0.29, 0.717) is 5.82 Å². The molecule has 1 aromatic carbocycles. The second-order valence-electron chi connectivity index (χ2n) is 2.89. The third-order valence-electron chi connectivity index (χ3n) is 1.79. The SMILES string of the molecule is Nc1nonc1N/N=C/c1ccccc1Br. The highest BCUT2D eigenvalue weighted by Crippen LogP contribution is 2.14. The van der Waals surface area contributed by atoms with Crippen molar-refractivity contribution in [2.75, 3.05) is 11.2 Å². The lowest BCUT2D eigenvalue weighted by atomic mass is 10.2. The lowest BCUT2D eigenvalue weighted by Crippen LogP contribution is -1.95. The number of anilines is 2. The van der Waals surface area contributed by atoms with Gasteiger partial charge in [-0.15, -0.1) is 0 Å². The van der Waals surface area contributed by atoms with Crippen LogP contribution in [0.5, 0.6) is 0 Å². The Balaban J connectivity index is 2.06. The predicted octanol–water partition coefficient (Wildman–Crippen LogP) is 1.86. The van der Waals surface area contributed by atoms with Crippen LogP contribution in [0.2, 0.25) is 0 Å². The van der Waals surface area contributed by atoms with Crippen LogP contribution in [0, 0.1) is 0 Å². The molecule has 0 amide bonds. The molecule has 1 aromatic heterocycles. The van der Waals surface area contributed by atoms with Gasteiger partial charge in [0.15, 0.2) is 0 Å². The Morgan fingerprint density at radius 1 is 1.38 bits per heavy atom. The molecule has 0 saturated carbocycles. The smallest absolute Gasteiger partial charge is 0.235 e. The lowest BCUT2D eigenvalue weighted by molar-refractivity contribution is 0.310. The molecule has 2 rings (SSSR count). The Labute approximate surface area is 99.6 Å². The van der Waals surface area contributed by atoms with Gasteiger partial charge < -0.3 is 5.73 Å². The van der Waals surface area contributed by atoms with E-state index in [4.69, 9.17) is 5.73 Å². The van der Waals surface area contributed by atoms with Crippen LogP contribution >= 0.6 is 15.9 Å². The maximum Gasteiger partial charge on any atom is 0.235 e. The van der Waals surface area contributed by atoms with Crippen LogP contribution in [0.25, 0.3) is 0 Å². The van der Waals surface area contributed by atoms with E-state index in [9.17, 15) is 0 Å². The van der Waals surface area contributed by atoms with Gasteiger partial charge in [0.25, 0.3) is 0 Å². The van der Waals surface area contributed by atoms with E-state index in [1.54, 1.807) is 6.21 Å². The van der Waals surface area contributed by atoms with Gasteiger partial charge in [0, 0.05) is 10.0 Å². The van der Waals surface area contributed by atoms with Crippen LogP contribution < -0.4 is 11.2 Å². The van der Waals surface area contributed by atoms with Gasteiger partial charge in [-0.3, -0.25) is 5.43 Å². The van der Waals surface area contributed by atoms with Gasteiger partial charge in [0.1, 0.15) is 0 Å². The average molecular weight is 282 g/mol. The number of nitrogens with zero attached hydrogens (tertiary/aromatic N) is 3. The molecule has 1 heterocycles. The number of nitrogens with one attached hydrogen (secondary N) is 1. The molecular formula is C9H8BrN5O. The Morgan fingerprint density at radius 2 is 2.19 bits per heavy atom. The van der Waals surface area contributed by atoms with Crippen molar-refractivity contribution in [3.8, 4) is 0 Å². The summed E-state index contributed by atoms with van der Waals surface area (Å²) in [5.41, 5.74) is 9.00. The molecule has 0 aliphatic carbocycles. The summed E-state index contributed by atoms with van der Waals surface area (Å²) in [4.78, 5) is 0. The molecule has 0 aliphatic rings. The number of halogens is 1. The Morgan fingerprint density at radius 3 is 2.88 bits per heavy atom. The van der Waals surface area contributed by atoms with Gasteiger partial charge >= 0.3 is 0 Å². The molecule has 0 radical (unpaired) electrons. The number of hydrogen-bond donors (Lipinski definition) is 2. The summed E-state index contributed by atoms with van der Waals surface area (Å²) in [6.07, 6.45) is 1.64. The highest BCUT2D eigenvalue weighted by atomic mass is 79.9. The summed E-state index contributed by atoms with van der Waals surface area (Å²) in [6.45, 7) is 0. The summed E-state index contributed by atoms with van der Waals surface area (Å²) in [6, 6.07) is 7.68. The van der Waals surface area contributed by atoms with Crippen molar-refractivity contribution in [2.45, 2.75) is 0 Å². The van der Waals surface area contributed by atoms with Crippen molar-refractivity contribution < 1.29 is 4.63 Å². The summed E-state index contributed by atoms with van der Waals surface area (Å²) >= 11 is 3.40. The minimum absolute atomic E-state index is 0.171. The zero-order valence-electron chi connectivity index (χ0n) is 8.09. The van der Waals surface area contributed by atoms with Crippen molar-refractivity contribution in [1.29, 1.82) is 0 Å². The maximum atomic E-state index is 5.44. The van der Waals surface area contributed by atoms with Gasteiger partial charge in [-0.1, -0.05) is 34.1 Å². The fourth-order valence-corrected chi connectivity index (χ4v) is 1.40. The first-order chi connectivity index (χ1) is 7.77. The predicted molar refractivity (Wildman–Crippen MR) is 64.1 cm³/mol. The van der Waals surface area contributed by atoms with Crippen molar-refractivity contribution in [3.05, 3.63) is 34.3 Å². The first-order valence-corrected chi connectivity index (χ1v) is 5.18. The molecule has 6 nitrogen and oxygen atoms in total. The van der Waals surface area contributed by atoms with Crippen LogP contribution in [0.15, 0.2) is 38.5 Å². The molecule has 82 valence electrons. The number of nitrogen functional groups attached to an aromatic ring is 1. The van der Waals surface area contributed by atoms with Crippen molar-refractivity contribution in [2.24, 2.45) is 5.10 Å². The van der Waals surface area contributed by atoms with Gasteiger partial charge in [-0.05, 0) is 16.4 Å². The Kier molecular flexibility index (Phi) is 3.16. The number of benzene rings is 1. The van der Waals surface area contributed by atoms with E-state index in [1.165, 1.54) is 0 Å². The van der Waals surface area contributed by atoms with Gasteiger partial charge in [0.2, 0.25) is 11.6 Å². The standard InChI is InChI=1S/C9H8BrN5O/c10-7-4-2-1-3-6(7)5-12-13-9-8(11)14-16-15-9/h1-5H,(H2,11,14)(H,13,15)/b12-5+. The van der Waals surface area contributed by atoms with Crippen LogP contribution in [0.1, 0.15) is 5.56 Å². The number of rotatable bonds is 3. The Hall–Kier alpha value is -1.89. The summed E-state index contributed by atoms with van der Waals surface area (Å²) in [5.74, 6) is 0.465. The van der Waals surface area contributed by atoms with Crippen LogP contribution in [-0.4, -0.2) is 16.5 Å². The quantitative estimate of drug-likeness (QED) is 0.662. The first-order valence-electron chi connectivity index (χ1n) is 4.39. The fourth-order valence-electron chi connectivity index (χ4n) is 1.02. The molecule has 0 spiro atoms. The molecule has 0 unspecified atom stereocenters. The van der Waals surface area contributed by atoms with Crippen molar-refractivity contribution in [3.63, 3.8) is 0 Å². The second kappa shape index (κ2) is 4.75. The summed E-state index contributed by atoms with van der Waals surface area (Å²) < 4.78 is 5.35. The topological polar surface area (TPSA) is 89.3 Å².